The summed E-state index contributed by atoms with van der Waals surface area (Å²) >= 11 is 0. The van der Waals surface area contributed by atoms with E-state index < -0.39 is 23.3 Å². The minimum absolute atomic E-state index is 0.133. The number of benzene rings is 2. The largest absolute Gasteiger partial charge is 0.491 e. The van der Waals surface area contributed by atoms with Crippen molar-refractivity contribution in [2.75, 3.05) is 18.6 Å². The van der Waals surface area contributed by atoms with Crippen molar-refractivity contribution >= 4 is 17.3 Å². The number of methoxy groups -OCH3 is 1. The lowest BCUT2D eigenvalue weighted by Crippen LogP contribution is -2.24. The Morgan fingerprint density at radius 2 is 1.88 bits per heavy atom. The average molecular weight is 347 g/mol. The number of carbonyl (C=O) groups is 1. The van der Waals surface area contributed by atoms with E-state index in [2.05, 4.69) is 10.1 Å². The summed E-state index contributed by atoms with van der Waals surface area (Å²) in [6.07, 6.45) is 2.14. The summed E-state index contributed by atoms with van der Waals surface area (Å²) in [4.78, 5) is 12.3. The molecule has 0 bridgehead atoms. The third kappa shape index (κ3) is 3.35. The van der Waals surface area contributed by atoms with Crippen LogP contribution in [-0.4, -0.2) is 13.0 Å². The number of ether oxygens (including phenoxy) is 1. The van der Waals surface area contributed by atoms with Crippen LogP contribution >= 0.6 is 0 Å². The predicted molar refractivity (Wildman–Crippen MR) is 91.3 cm³/mol. The number of nitrogen functional groups attached to an aromatic ring is 2. The van der Waals surface area contributed by atoms with Gasteiger partial charge in [-0.2, -0.15) is 0 Å². The first kappa shape index (κ1) is 17.0. The average Bonchev–Trinajstić information content (AvgIpc) is 3.40. The van der Waals surface area contributed by atoms with E-state index in [0.717, 1.165) is 43.2 Å². The topological polar surface area (TPSA) is 90.4 Å². The van der Waals surface area contributed by atoms with Crippen LogP contribution in [0.25, 0.3) is 0 Å². The Morgan fingerprint density at radius 3 is 2.44 bits per heavy atom. The summed E-state index contributed by atoms with van der Waals surface area (Å²) in [5.41, 5.74) is 14.4. The zero-order chi connectivity index (χ0) is 18.1. The van der Waals surface area contributed by atoms with E-state index in [-0.39, 0.29) is 12.1 Å². The number of carbonyl (C=O) groups excluding carboxylic acids is 1. The van der Waals surface area contributed by atoms with Crippen molar-refractivity contribution in [2.45, 2.75) is 25.3 Å². The molecular weight excluding hydrogens is 328 g/mol. The summed E-state index contributed by atoms with van der Waals surface area (Å²) in [7, 11) is 1.16. The first-order chi connectivity index (χ1) is 11.9. The second-order valence-electron chi connectivity index (χ2n) is 6.07. The Balaban J connectivity index is 1.80. The molecular formula is C18H19F2N3O2. The quantitative estimate of drug-likeness (QED) is 0.725. The lowest BCUT2D eigenvalue weighted by molar-refractivity contribution is 0.0950. The van der Waals surface area contributed by atoms with Gasteiger partial charge in [0.05, 0.1) is 18.5 Å². The van der Waals surface area contributed by atoms with E-state index in [4.69, 9.17) is 11.5 Å². The molecule has 5 nitrogen and oxygen atoms in total. The highest BCUT2D eigenvalue weighted by atomic mass is 19.1. The fourth-order valence-electron chi connectivity index (χ4n) is 2.83. The molecule has 0 aromatic heterocycles. The van der Waals surface area contributed by atoms with Crippen LogP contribution in [0.1, 0.15) is 40.2 Å². The maximum Gasteiger partial charge on any atom is 0.251 e. The molecule has 0 aliphatic heterocycles. The van der Waals surface area contributed by atoms with Gasteiger partial charge in [0, 0.05) is 12.1 Å². The van der Waals surface area contributed by atoms with Gasteiger partial charge in [0.1, 0.15) is 0 Å². The normalized spacial score (nSPS) is 13.6. The third-order valence-corrected chi connectivity index (χ3v) is 4.33. The summed E-state index contributed by atoms with van der Waals surface area (Å²) in [5, 5.41) is 2.65. The molecule has 7 heteroatoms. The molecule has 2 aromatic rings. The van der Waals surface area contributed by atoms with Crippen molar-refractivity contribution in [3.05, 3.63) is 52.6 Å². The second kappa shape index (κ2) is 6.58. The fourth-order valence-corrected chi connectivity index (χ4v) is 2.83. The van der Waals surface area contributed by atoms with Crippen molar-refractivity contribution < 1.29 is 18.3 Å². The van der Waals surface area contributed by atoms with Crippen LogP contribution in [0.2, 0.25) is 0 Å². The molecule has 0 saturated heterocycles. The van der Waals surface area contributed by atoms with Gasteiger partial charge in [-0.1, -0.05) is 6.07 Å². The number of hydrogen-bond acceptors (Lipinski definition) is 4. The molecule has 3 rings (SSSR count). The lowest BCUT2D eigenvalue weighted by Gasteiger charge is -2.15. The molecule has 1 saturated carbocycles. The Bertz CT molecular complexity index is 812. The van der Waals surface area contributed by atoms with Crippen LogP contribution < -0.4 is 21.5 Å². The van der Waals surface area contributed by atoms with Gasteiger partial charge in [-0.3, -0.25) is 4.79 Å². The van der Waals surface area contributed by atoms with Crippen molar-refractivity contribution in [3.8, 4) is 5.75 Å². The molecule has 1 amide bonds. The first-order valence-electron chi connectivity index (χ1n) is 7.90. The van der Waals surface area contributed by atoms with E-state index >= 15 is 0 Å². The van der Waals surface area contributed by atoms with Gasteiger partial charge in [-0.05, 0) is 48.1 Å². The minimum atomic E-state index is -0.935. The highest BCUT2D eigenvalue weighted by molar-refractivity contribution is 5.94. The maximum absolute atomic E-state index is 13.7. The van der Waals surface area contributed by atoms with Crippen molar-refractivity contribution in [1.82, 2.24) is 5.32 Å². The Labute approximate surface area is 144 Å². The van der Waals surface area contributed by atoms with Gasteiger partial charge in [0.15, 0.2) is 17.4 Å². The van der Waals surface area contributed by atoms with Crippen LogP contribution in [0.5, 0.6) is 5.75 Å². The monoisotopic (exact) mass is 347 g/mol. The SMILES string of the molecule is COc1c(F)cc(C(=O)NCc2c(C3CC3)ccc(N)c2N)cc1F. The number of amides is 1. The number of hydrogen-bond donors (Lipinski definition) is 3. The van der Waals surface area contributed by atoms with Crippen molar-refractivity contribution in [3.63, 3.8) is 0 Å². The maximum atomic E-state index is 13.7. The van der Waals surface area contributed by atoms with Crippen LogP contribution in [0.4, 0.5) is 20.2 Å². The van der Waals surface area contributed by atoms with Crippen LogP contribution in [-0.2, 0) is 6.54 Å². The summed E-state index contributed by atoms with van der Waals surface area (Å²) in [5.74, 6) is -2.58. The first-order valence-corrected chi connectivity index (χ1v) is 7.90. The molecule has 0 atom stereocenters. The minimum Gasteiger partial charge on any atom is -0.491 e. The summed E-state index contributed by atoms with van der Waals surface area (Å²) in [6.45, 7) is 0.136. The van der Waals surface area contributed by atoms with E-state index in [1.165, 1.54) is 0 Å². The van der Waals surface area contributed by atoms with Gasteiger partial charge >= 0.3 is 0 Å². The zero-order valence-corrected chi connectivity index (χ0v) is 13.7. The Kier molecular flexibility index (Phi) is 4.48. The standard InChI is InChI=1S/C18H19F2N3O2/c1-25-17-13(19)6-10(7-14(17)20)18(24)23-8-12-11(9-2-3-9)4-5-15(21)16(12)22/h4-7,9H,2-3,8,21-22H2,1H3,(H,23,24). The second-order valence-corrected chi connectivity index (χ2v) is 6.07. The summed E-state index contributed by atoms with van der Waals surface area (Å²) in [6, 6.07) is 5.53. The predicted octanol–water partition coefficient (Wildman–Crippen LogP) is 2.95. The zero-order valence-electron chi connectivity index (χ0n) is 13.7. The third-order valence-electron chi connectivity index (χ3n) is 4.33. The molecule has 0 unspecified atom stereocenters. The smallest absolute Gasteiger partial charge is 0.251 e. The molecule has 132 valence electrons. The van der Waals surface area contributed by atoms with Gasteiger partial charge in [0.2, 0.25) is 0 Å². The molecule has 2 aromatic carbocycles. The molecule has 0 spiro atoms. The number of anilines is 2. The number of nitrogens with one attached hydrogen (secondary N) is 1. The Morgan fingerprint density at radius 1 is 1.24 bits per heavy atom. The van der Waals surface area contributed by atoms with Gasteiger partial charge < -0.3 is 21.5 Å². The van der Waals surface area contributed by atoms with Crippen molar-refractivity contribution in [2.24, 2.45) is 0 Å². The van der Waals surface area contributed by atoms with E-state index in [0.29, 0.717) is 17.3 Å². The highest BCUT2D eigenvalue weighted by Gasteiger charge is 2.27. The van der Waals surface area contributed by atoms with Crippen LogP contribution in [0, 0.1) is 11.6 Å². The van der Waals surface area contributed by atoms with E-state index in [1.54, 1.807) is 6.07 Å². The summed E-state index contributed by atoms with van der Waals surface area (Å²) < 4.78 is 32.1. The number of halogens is 2. The molecule has 1 aliphatic rings. The van der Waals surface area contributed by atoms with Gasteiger partial charge in [-0.15, -0.1) is 0 Å². The van der Waals surface area contributed by atoms with E-state index in [1.807, 2.05) is 6.07 Å². The van der Waals surface area contributed by atoms with Gasteiger partial charge in [0.25, 0.3) is 5.91 Å². The highest BCUT2D eigenvalue weighted by Crippen LogP contribution is 2.43. The molecule has 25 heavy (non-hydrogen) atoms. The van der Waals surface area contributed by atoms with Crippen molar-refractivity contribution in [1.29, 1.82) is 0 Å². The molecule has 1 aliphatic carbocycles. The lowest BCUT2D eigenvalue weighted by atomic mass is 10.00. The number of rotatable bonds is 5. The molecule has 1 fully saturated rings. The molecule has 0 radical (unpaired) electrons. The number of nitrogens with two attached hydrogens (primary N) is 2. The van der Waals surface area contributed by atoms with Crippen LogP contribution in [0.15, 0.2) is 24.3 Å². The van der Waals surface area contributed by atoms with Gasteiger partial charge in [-0.25, -0.2) is 8.78 Å². The van der Waals surface area contributed by atoms with Crippen LogP contribution in [0.3, 0.4) is 0 Å². The van der Waals surface area contributed by atoms with E-state index in [9.17, 15) is 13.6 Å². The molecule has 0 heterocycles. The Hall–Kier alpha value is -2.83. The fraction of sp³-hybridized carbons (Fsp3) is 0.278. The molecule has 5 N–H and O–H groups in total.